The summed E-state index contributed by atoms with van der Waals surface area (Å²) in [5, 5.41) is 3.13. The molecule has 0 aliphatic carbocycles. The van der Waals surface area contributed by atoms with Crippen LogP contribution in [-0.2, 0) is 9.53 Å². The van der Waals surface area contributed by atoms with Crippen LogP contribution in [0, 0.1) is 0 Å². The van der Waals surface area contributed by atoms with Crippen molar-refractivity contribution in [3.63, 3.8) is 0 Å². The maximum Gasteiger partial charge on any atom is 0.332 e. The first kappa shape index (κ1) is 13.0. The molecule has 2 aromatic rings. The molecule has 1 atom stereocenters. The van der Waals surface area contributed by atoms with E-state index < -0.39 is 6.04 Å². The first-order chi connectivity index (χ1) is 9.20. The van der Waals surface area contributed by atoms with Crippen molar-refractivity contribution in [1.29, 1.82) is 0 Å². The van der Waals surface area contributed by atoms with E-state index in [0.717, 1.165) is 11.3 Å². The maximum atomic E-state index is 11.9. The van der Waals surface area contributed by atoms with E-state index in [-0.39, 0.29) is 5.97 Å². The zero-order valence-corrected chi connectivity index (χ0v) is 10.7. The lowest BCUT2D eigenvalue weighted by molar-refractivity contribution is -0.141. The molecular formula is C15H16N2O2. The van der Waals surface area contributed by atoms with Crippen molar-refractivity contribution in [2.24, 2.45) is 0 Å². The number of benzene rings is 2. The zero-order valence-electron chi connectivity index (χ0n) is 10.7. The van der Waals surface area contributed by atoms with Gasteiger partial charge in [-0.3, -0.25) is 0 Å². The second-order valence-electron chi connectivity index (χ2n) is 4.14. The summed E-state index contributed by atoms with van der Waals surface area (Å²) in [6.45, 7) is 0. The summed E-state index contributed by atoms with van der Waals surface area (Å²) in [6, 6.07) is 16.1. The normalized spacial score (nSPS) is 11.6. The summed E-state index contributed by atoms with van der Waals surface area (Å²) in [5.74, 6) is -0.339. The molecule has 0 aliphatic rings. The second kappa shape index (κ2) is 5.91. The molecule has 0 bridgehead atoms. The summed E-state index contributed by atoms with van der Waals surface area (Å²) >= 11 is 0. The summed E-state index contributed by atoms with van der Waals surface area (Å²) in [5.41, 5.74) is 7.99. The molecule has 98 valence electrons. The van der Waals surface area contributed by atoms with Crippen molar-refractivity contribution in [2.45, 2.75) is 6.04 Å². The quantitative estimate of drug-likeness (QED) is 0.652. The average Bonchev–Trinajstić information content (AvgIpc) is 2.45. The molecule has 2 rings (SSSR count). The largest absolute Gasteiger partial charge is 0.467 e. The van der Waals surface area contributed by atoms with Gasteiger partial charge in [-0.05, 0) is 23.8 Å². The number of ether oxygens (including phenoxy) is 1. The lowest BCUT2D eigenvalue weighted by Crippen LogP contribution is -2.22. The van der Waals surface area contributed by atoms with Gasteiger partial charge in [-0.1, -0.05) is 36.4 Å². The maximum absolute atomic E-state index is 11.9. The third kappa shape index (κ3) is 3.25. The summed E-state index contributed by atoms with van der Waals surface area (Å²) in [7, 11) is 1.37. The topological polar surface area (TPSA) is 64.3 Å². The van der Waals surface area contributed by atoms with Gasteiger partial charge in [-0.25, -0.2) is 4.79 Å². The number of carbonyl (C=O) groups is 1. The third-order valence-electron chi connectivity index (χ3n) is 2.77. The molecule has 0 aromatic heterocycles. The number of esters is 1. The van der Waals surface area contributed by atoms with Crippen LogP contribution < -0.4 is 11.1 Å². The Hall–Kier alpha value is -2.49. The van der Waals surface area contributed by atoms with Gasteiger partial charge in [-0.15, -0.1) is 0 Å². The summed E-state index contributed by atoms with van der Waals surface area (Å²) < 4.78 is 4.84. The van der Waals surface area contributed by atoms with Crippen LogP contribution in [-0.4, -0.2) is 13.1 Å². The van der Waals surface area contributed by atoms with Crippen molar-refractivity contribution in [2.75, 3.05) is 18.2 Å². The van der Waals surface area contributed by atoms with Crippen LogP contribution in [0.25, 0.3) is 0 Å². The lowest BCUT2D eigenvalue weighted by Gasteiger charge is -2.18. The number of nitrogens with one attached hydrogen (secondary N) is 1. The highest BCUT2D eigenvalue weighted by atomic mass is 16.5. The van der Waals surface area contributed by atoms with Crippen LogP contribution in [0.15, 0.2) is 54.6 Å². The number of hydrogen-bond acceptors (Lipinski definition) is 4. The number of carbonyl (C=O) groups excluding carboxylic acids is 1. The minimum atomic E-state index is -0.548. The molecule has 4 nitrogen and oxygen atoms in total. The fourth-order valence-electron chi connectivity index (χ4n) is 1.84. The Balaban J connectivity index is 2.27. The number of hydrogen-bond donors (Lipinski definition) is 2. The van der Waals surface area contributed by atoms with E-state index in [4.69, 9.17) is 10.5 Å². The third-order valence-corrected chi connectivity index (χ3v) is 2.77. The monoisotopic (exact) mass is 256 g/mol. The fourth-order valence-corrected chi connectivity index (χ4v) is 1.84. The van der Waals surface area contributed by atoms with Crippen molar-refractivity contribution >= 4 is 17.3 Å². The van der Waals surface area contributed by atoms with Crippen molar-refractivity contribution < 1.29 is 9.53 Å². The molecule has 0 aliphatic heterocycles. The molecule has 2 aromatic carbocycles. The molecule has 3 N–H and O–H groups in total. The molecule has 0 spiro atoms. The molecule has 0 fully saturated rings. The zero-order chi connectivity index (χ0) is 13.7. The van der Waals surface area contributed by atoms with Gasteiger partial charge in [0, 0.05) is 11.4 Å². The van der Waals surface area contributed by atoms with Gasteiger partial charge < -0.3 is 15.8 Å². The Kier molecular flexibility index (Phi) is 4.03. The Morgan fingerprint density at radius 1 is 1.16 bits per heavy atom. The van der Waals surface area contributed by atoms with Gasteiger partial charge in [-0.2, -0.15) is 0 Å². The highest BCUT2D eigenvalue weighted by molar-refractivity contribution is 5.81. The molecular weight excluding hydrogens is 240 g/mol. The van der Waals surface area contributed by atoms with Crippen molar-refractivity contribution in [1.82, 2.24) is 0 Å². The number of nitrogens with two attached hydrogens (primary N) is 1. The highest BCUT2D eigenvalue weighted by Crippen LogP contribution is 2.22. The first-order valence-corrected chi connectivity index (χ1v) is 5.95. The molecule has 0 saturated heterocycles. The Labute approximate surface area is 112 Å². The van der Waals surface area contributed by atoms with E-state index >= 15 is 0 Å². The lowest BCUT2D eigenvalue weighted by atomic mass is 10.1. The van der Waals surface area contributed by atoms with E-state index in [1.165, 1.54) is 7.11 Å². The highest BCUT2D eigenvalue weighted by Gasteiger charge is 2.20. The van der Waals surface area contributed by atoms with Crippen molar-refractivity contribution in [3.05, 3.63) is 60.2 Å². The number of nitrogen functional groups attached to an aromatic ring is 1. The van der Waals surface area contributed by atoms with Crippen LogP contribution in [0.2, 0.25) is 0 Å². The smallest absolute Gasteiger partial charge is 0.332 e. The predicted octanol–water partition coefficient (Wildman–Crippen LogP) is 2.60. The minimum absolute atomic E-state index is 0.339. The second-order valence-corrected chi connectivity index (χ2v) is 4.14. The summed E-state index contributed by atoms with van der Waals surface area (Å²) in [6.07, 6.45) is 0. The van der Waals surface area contributed by atoms with E-state index in [1.54, 1.807) is 12.1 Å². The van der Waals surface area contributed by atoms with Gasteiger partial charge in [0.05, 0.1) is 7.11 Å². The molecule has 4 heteroatoms. The van der Waals surface area contributed by atoms with E-state index in [9.17, 15) is 4.79 Å². The van der Waals surface area contributed by atoms with E-state index in [0.29, 0.717) is 5.69 Å². The fraction of sp³-hybridized carbons (Fsp3) is 0.133. The Morgan fingerprint density at radius 3 is 2.53 bits per heavy atom. The van der Waals surface area contributed by atoms with Gasteiger partial charge in [0.1, 0.15) is 0 Å². The molecule has 1 unspecified atom stereocenters. The molecule has 0 heterocycles. The standard InChI is InChI=1S/C15H16N2O2/c1-19-15(18)14(11-6-3-2-4-7-11)17-13-9-5-8-12(16)10-13/h2-10,14,17H,16H2,1H3. The number of rotatable bonds is 4. The molecule has 0 amide bonds. The van der Waals surface area contributed by atoms with Crippen LogP contribution in [0.1, 0.15) is 11.6 Å². The van der Waals surface area contributed by atoms with Crippen LogP contribution in [0.3, 0.4) is 0 Å². The Morgan fingerprint density at radius 2 is 1.89 bits per heavy atom. The minimum Gasteiger partial charge on any atom is -0.467 e. The van der Waals surface area contributed by atoms with Gasteiger partial charge in [0.25, 0.3) is 0 Å². The SMILES string of the molecule is COC(=O)C(Nc1cccc(N)c1)c1ccccc1. The summed E-state index contributed by atoms with van der Waals surface area (Å²) in [4.78, 5) is 11.9. The van der Waals surface area contributed by atoms with Crippen molar-refractivity contribution in [3.8, 4) is 0 Å². The van der Waals surface area contributed by atoms with Crippen LogP contribution in [0.4, 0.5) is 11.4 Å². The van der Waals surface area contributed by atoms with Gasteiger partial charge >= 0.3 is 5.97 Å². The molecule has 0 radical (unpaired) electrons. The number of methoxy groups -OCH3 is 1. The number of anilines is 2. The van der Waals surface area contributed by atoms with Crippen LogP contribution >= 0.6 is 0 Å². The molecule has 0 saturated carbocycles. The van der Waals surface area contributed by atoms with E-state index in [2.05, 4.69) is 5.32 Å². The Bertz CT molecular complexity index is 555. The average molecular weight is 256 g/mol. The van der Waals surface area contributed by atoms with Gasteiger partial charge in [0.2, 0.25) is 0 Å². The van der Waals surface area contributed by atoms with Crippen LogP contribution in [0.5, 0.6) is 0 Å². The first-order valence-electron chi connectivity index (χ1n) is 5.95. The van der Waals surface area contributed by atoms with E-state index in [1.807, 2.05) is 42.5 Å². The van der Waals surface area contributed by atoms with Gasteiger partial charge in [0.15, 0.2) is 6.04 Å². The predicted molar refractivity (Wildman–Crippen MR) is 75.7 cm³/mol. The molecule has 19 heavy (non-hydrogen) atoms.